The van der Waals surface area contributed by atoms with Crippen LogP contribution in [-0.2, 0) is 6.54 Å². The second-order valence-electron chi connectivity index (χ2n) is 6.08. The molecule has 140 valence electrons. The fraction of sp³-hybridized carbons (Fsp3) is 0.353. The molecule has 0 aliphatic heterocycles. The van der Waals surface area contributed by atoms with Gasteiger partial charge < -0.3 is 9.80 Å². The van der Waals surface area contributed by atoms with Gasteiger partial charge in [0.1, 0.15) is 0 Å². The summed E-state index contributed by atoms with van der Waals surface area (Å²) >= 11 is 17.9. The molecule has 1 aromatic carbocycles. The van der Waals surface area contributed by atoms with Gasteiger partial charge in [-0.25, -0.2) is 4.98 Å². The van der Waals surface area contributed by atoms with Crippen LogP contribution in [0.15, 0.2) is 30.5 Å². The molecule has 0 N–H and O–H groups in total. The second kappa shape index (κ2) is 9.37. The molecule has 2 aromatic rings. The summed E-state index contributed by atoms with van der Waals surface area (Å²) in [7, 11) is 3.96. The fourth-order valence-electron chi connectivity index (χ4n) is 2.50. The van der Waals surface area contributed by atoms with E-state index in [4.69, 9.17) is 34.8 Å². The Bertz CT molecular complexity index is 787. The van der Waals surface area contributed by atoms with E-state index in [-0.39, 0.29) is 16.5 Å². The maximum absolute atomic E-state index is 11.4. The van der Waals surface area contributed by atoms with Gasteiger partial charge in [-0.1, -0.05) is 40.9 Å². The van der Waals surface area contributed by atoms with E-state index in [9.17, 15) is 10.1 Å². The molecule has 2 rings (SSSR count). The Balaban J connectivity index is 2.34. The minimum absolute atomic E-state index is 0.123. The third-order valence-electron chi connectivity index (χ3n) is 3.70. The van der Waals surface area contributed by atoms with Gasteiger partial charge in [-0.15, -0.1) is 0 Å². The lowest BCUT2D eigenvalue weighted by molar-refractivity contribution is -0.384. The van der Waals surface area contributed by atoms with Crippen molar-refractivity contribution >= 4 is 46.3 Å². The molecule has 6 nitrogen and oxygen atoms in total. The molecule has 1 aromatic heterocycles. The first-order valence-corrected chi connectivity index (χ1v) is 9.05. The van der Waals surface area contributed by atoms with Gasteiger partial charge in [-0.05, 0) is 44.8 Å². The highest BCUT2D eigenvalue weighted by molar-refractivity contribution is 6.42. The average Bonchev–Trinajstić information content (AvgIpc) is 2.57. The molecule has 0 atom stereocenters. The van der Waals surface area contributed by atoms with Crippen molar-refractivity contribution in [1.29, 1.82) is 0 Å². The van der Waals surface area contributed by atoms with Crippen LogP contribution in [0.3, 0.4) is 0 Å². The van der Waals surface area contributed by atoms with Crippen LogP contribution in [-0.4, -0.2) is 42.0 Å². The lowest BCUT2D eigenvalue weighted by atomic mass is 10.2. The van der Waals surface area contributed by atoms with Gasteiger partial charge in [-0.3, -0.25) is 10.1 Å². The van der Waals surface area contributed by atoms with Crippen molar-refractivity contribution in [3.63, 3.8) is 0 Å². The van der Waals surface area contributed by atoms with Crippen LogP contribution in [0.2, 0.25) is 15.1 Å². The molecule has 0 saturated heterocycles. The van der Waals surface area contributed by atoms with Gasteiger partial charge in [0, 0.05) is 25.4 Å². The normalized spacial score (nSPS) is 11.0. The Morgan fingerprint density at radius 2 is 1.85 bits per heavy atom. The number of pyridine rings is 1. The minimum Gasteiger partial charge on any atom is -0.347 e. The maximum atomic E-state index is 11.4. The molecular weight excluding hydrogens is 399 g/mol. The third-order valence-corrected chi connectivity index (χ3v) is 4.65. The molecule has 0 bridgehead atoms. The molecule has 0 aliphatic carbocycles. The molecule has 0 amide bonds. The maximum Gasteiger partial charge on any atom is 0.313 e. The molecule has 9 heteroatoms. The van der Waals surface area contributed by atoms with Gasteiger partial charge >= 0.3 is 5.69 Å². The molecule has 0 fully saturated rings. The van der Waals surface area contributed by atoms with Crippen molar-refractivity contribution < 1.29 is 4.92 Å². The zero-order chi connectivity index (χ0) is 19.3. The standard InChI is InChI=1S/C17H19Cl3N4O2/c1-22(2)6-3-7-23(11-12-4-5-14(19)15(20)8-12)17-16(24(25)26)9-13(18)10-21-17/h4-5,8-10H,3,6-7,11H2,1-2H3. The molecule has 0 radical (unpaired) electrons. The first-order valence-electron chi connectivity index (χ1n) is 7.91. The zero-order valence-corrected chi connectivity index (χ0v) is 16.7. The summed E-state index contributed by atoms with van der Waals surface area (Å²) in [5, 5.41) is 12.6. The Kier molecular flexibility index (Phi) is 7.46. The quantitative estimate of drug-likeness (QED) is 0.451. The topological polar surface area (TPSA) is 62.5 Å². The summed E-state index contributed by atoms with van der Waals surface area (Å²) in [6.45, 7) is 1.85. The highest BCUT2D eigenvalue weighted by atomic mass is 35.5. The lowest BCUT2D eigenvalue weighted by Gasteiger charge is -2.24. The van der Waals surface area contributed by atoms with E-state index in [1.54, 1.807) is 12.1 Å². The van der Waals surface area contributed by atoms with Crippen molar-refractivity contribution in [1.82, 2.24) is 9.88 Å². The summed E-state index contributed by atoms with van der Waals surface area (Å²) in [5.74, 6) is 0.282. The van der Waals surface area contributed by atoms with Crippen molar-refractivity contribution in [2.75, 3.05) is 32.1 Å². The van der Waals surface area contributed by atoms with E-state index in [1.807, 2.05) is 25.1 Å². The number of halogens is 3. The van der Waals surface area contributed by atoms with Crippen LogP contribution in [0, 0.1) is 10.1 Å². The van der Waals surface area contributed by atoms with E-state index < -0.39 is 4.92 Å². The summed E-state index contributed by atoms with van der Waals surface area (Å²) in [6.07, 6.45) is 2.23. The van der Waals surface area contributed by atoms with Crippen molar-refractivity contribution in [3.8, 4) is 0 Å². The molecule has 1 heterocycles. The SMILES string of the molecule is CN(C)CCCN(Cc1ccc(Cl)c(Cl)c1)c1ncc(Cl)cc1[N+](=O)[O-]. The number of aromatic nitrogens is 1. The van der Waals surface area contributed by atoms with E-state index in [0.717, 1.165) is 18.5 Å². The van der Waals surface area contributed by atoms with Crippen LogP contribution in [0.4, 0.5) is 11.5 Å². The molecule has 26 heavy (non-hydrogen) atoms. The summed E-state index contributed by atoms with van der Waals surface area (Å²) in [4.78, 5) is 19.1. The smallest absolute Gasteiger partial charge is 0.313 e. The first-order chi connectivity index (χ1) is 12.3. The molecule has 0 unspecified atom stereocenters. The Hall–Kier alpha value is -1.60. The molecular formula is C17H19Cl3N4O2. The molecule has 0 spiro atoms. The Labute approximate surface area is 167 Å². The van der Waals surface area contributed by atoms with Gasteiger partial charge in [0.15, 0.2) is 0 Å². The van der Waals surface area contributed by atoms with Crippen molar-refractivity contribution in [3.05, 3.63) is 61.2 Å². The van der Waals surface area contributed by atoms with Crippen LogP contribution in [0.25, 0.3) is 0 Å². The monoisotopic (exact) mass is 416 g/mol. The number of nitro groups is 1. The lowest BCUT2D eigenvalue weighted by Crippen LogP contribution is -2.28. The fourth-order valence-corrected chi connectivity index (χ4v) is 2.97. The number of nitrogens with zero attached hydrogens (tertiary/aromatic N) is 4. The third kappa shape index (κ3) is 5.71. The van der Waals surface area contributed by atoms with Crippen molar-refractivity contribution in [2.45, 2.75) is 13.0 Å². The first kappa shape index (κ1) is 20.7. The average molecular weight is 418 g/mol. The van der Waals surface area contributed by atoms with Gasteiger partial charge in [-0.2, -0.15) is 0 Å². The number of hydrogen-bond acceptors (Lipinski definition) is 5. The van der Waals surface area contributed by atoms with E-state index in [1.165, 1.54) is 12.3 Å². The van der Waals surface area contributed by atoms with Gasteiger partial charge in [0.25, 0.3) is 0 Å². The predicted molar refractivity (Wildman–Crippen MR) is 107 cm³/mol. The van der Waals surface area contributed by atoms with Gasteiger partial charge in [0.05, 0.1) is 20.0 Å². The minimum atomic E-state index is -0.470. The van der Waals surface area contributed by atoms with Crippen LogP contribution >= 0.6 is 34.8 Å². The van der Waals surface area contributed by atoms with Crippen molar-refractivity contribution in [2.24, 2.45) is 0 Å². The van der Waals surface area contributed by atoms with Gasteiger partial charge in [0.2, 0.25) is 5.82 Å². The Morgan fingerprint density at radius 1 is 1.12 bits per heavy atom. The number of benzene rings is 1. The summed E-state index contributed by atoms with van der Waals surface area (Å²) in [5.41, 5.74) is 0.762. The van der Waals surface area contributed by atoms with E-state index in [2.05, 4.69) is 9.88 Å². The van der Waals surface area contributed by atoms with Crippen LogP contribution in [0.1, 0.15) is 12.0 Å². The Morgan fingerprint density at radius 3 is 2.46 bits per heavy atom. The van der Waals surface area contributed by atoms with E-state index in [0.29, 0.717) is 23.1 Å². The summed E-state index contributed by atoms with van der Waals surface area (Å²) < 4.78 is 0. The number of anilines is 1. The molecule has 0 aliphatic rings. The predicted octanol–water partition coefficient (Wildman–Crippen LogP) is 4.91. The van der Waals surface area contributed by atoms with E-state index >= 15 is 0 Å². The molecule has 0 saturated carbocycles. The van der Waals surface area contributed by atoms with Crippen LogP contribution in [0.5, 0.6) is 0 Å². The summed E-state index contributed by atoms with van der Waals surface area (Å²) in [6, 6.07) is 6.62. The highest BCUT2D eigenvalue weighted by Gasteiger charge is 2.22. The highest BCUT2D eigenvalue weighted by Crippen LogP contribution is 2.30. The zero-order valence-electron chi connectivity index (χ0n) is 14.5. The number of hydrogen-bond donors (Lipinski definition) is 0. The second-order valence-corrected chi connectivity index (χ2v) is 7.33. The largest absolute Gasteiger partial charge is 0.347 e. The number of rotatable bonds is 8. The van der Waals surface area contributed by atoms with Crippen LogP contribution < -0.4 is 4.90 Å².